The molecule has 0 saturated carbocycles. The zero-order valence-corrected chi connectivity index (χ0v) is 7.37. The number of benzene rings is 1. The summed E-state index contributed by atoms with van der Waals surface area (Å²) in [7, 11) is 0. The SMILES string of the molecule is Cc1cc(C#N)cc2c1OC[C@@H]2N. The zero-order valence-electron chi connectivity index (χ0n) is 7.37. The second-order valence-electron chi connectivity index (χ2n) is 3.24. The topological polar surface area (TPSA) is 59.0 Å². The van der Waals surface area contributed by atoms with E-state index < -0.39 is 0 Å². The quantitative estimate of drug-likeness (QED) is 0.644. The Morgan fingerprint density at radius 1 is 1.62 bits per heavy atom. The number of rotatable bonds is 0. The van der Waals surface area contributed by atoms with E-state index in [1.807, 2.05) is 13.0 Å². The van der Waals surface area contributed by atoms with Crippen molar-refractivity contribution in [3.8, 4) is 11.8 Å². The Bertz CT molecular complexity index is 393. The highest BCUT2D eigenvalue weighted by molar-refractivity contribution is 5.50. The van der Waals surface area contributed by atoms with Crippen LogP contribution in [0.2, 0.25) is 0 Å². The van der Waals surface area contributed by atoms with Gasteiger partial charge in [-0.3, -0.25) is 0 Å². The first kappa shape index (κ1) is 8.09. The maximum Gasteiger partial charge on any atom is 0.127 e. The lowest BCUT2D eigenvalue weighted by Gasteiger charge is -2.03. The van der Waals surface area contributed by atoms with Crippen molar-refractivity contribution in [2.75, 3.05) is 6.61 Å². The smallest absolute Gasteiger partial charge is 0.127 e. The molecule has 0 radical (unpaired) electrons. The van der Waals surface area contributed by atoms with Gasteiger partial charge in [0.1, 0.15) is 12.4 Å². The highest BCUT2D eigenvalue weighted by Crippen LogP contribution is 2.34. The molecule has 1 heterocycles. The van der Waals surface area contributed by atoms with Crippen LogP contribution in [0.1, 0.15) is 22.7 Å². The lowest BCUT2D eigenvalue weighted by Crippen LogP contribution is -2.10. The summed E-state index contributed by atoms with van der Waals surface area (Å²) in [5.41, 5.74) is 8.40. The monoisotopic (exact) mass is 174 g/mol. The predicted octanol–water partition coefficient (Wildman–Crippen LogP) is 1.26. The van der Waals surface area contributed by atoms with Crippen LogP contribution in [0.15, 0.2) is 12.1 Å². The highest BCUT2D eigenvalue weighted by atomic mass is 16.5. The van der Waals surface area contributed by atoms with Gasteiger partial charge in [0, 0.05) is 5.56 Å². The number of nitrogens with zero attached hydrogens (tertiary/aromatic N) is 1. The van der Waals surface area contributed by atoms with E-state index in [2.05, 4.69) is 6.07 Å². The minimum atomic E-state index is -0.0815. The Hall–Kier alpha value is -1.53. The first-order chi connectivity index (χ1) is 6.22. The maximum absolute atomic E-state index is 8.75. The fourth-order valence-electron chi connectivity index (χ4n) is 1.60. The fourth-order valence-corrected chi connectivity index (χ4v) is 1.60. The Kier molecular flexibility index (Phi) is 1.71. The Balaban J connectivity index is 2.61. The van der Waals surface area contributed by atoms with Crippen LogP contribution in [-0.4, -0.2) is 6.61 Å². The summed E-state index contributed by atoms with van der Waals surface area (Å²) in [6.07, 6.45) is 0. The van der Waals surface area contributed by atoms with E-state index in [-0.39, 0.29) is 6.04 Å². The number of nitrogens with two attached hydrogens (primary N) is 1. The van der Waals surface area contributed by atoms with Crippen molar-refractivity contribution in [2.45, 2.75) is 13.0 Å². The van der Waals surface area contributed by atoms with Crippen LogP contribution in [0.5, 0.6) is 5.75 Å². The Morgan fingerprint density at radius 2 is 2.38 bits per heavy atom. The predicted molar refractivity (Wildman–Crippen MR) is 48.3 cm³/mol. The van der Waals surface area contributed by atoms with E-state index in [1.54, 1.807) is 6.07 Å². The highest BCUT2D eigenvalue weighted by Gasteiger charge is 2.22. The number of aryl methyl sites for hydroxylation is 1. The molecule has 1 atom stereocenters. The third kappa shape index (κ3) is 1.16. The van der Waals surface area contributed by atoms with Gasteiger partial charge in [-0.05, 0) is 24.6 Å². The zero-order chi connectivity index (χ0) is 9.42. The molecule has 0 amide bonds. The second-order valence-corrected chi connectivity index (χ2v) is 3.24. The van der Waals surface area contributed by atoms with Crippen LogP contribution in [0, 0.1) is 18.3 Å². The fraction of sp³-hybridized carbons (Fsp3) is 0.300. The van der Waals surface area contributed by atoms with Crippen molar-refractivity contribution in [1.29, 1.82) is 5.26 Å². The van der Waals surface area contributed by atoms with Crippen molar-refractivity contribution < 1.29 is 4.74 Å². The van der Waals surface area contributed by atoms with E-state index in [1.165, 1.54) is 0 Å². The molecule has 0 fully saturated rings. The summed E-state index contributed by atoms with van der Waals surface area (Å²) in [6, 6.07) is 5.65. The summed E-state index contributed by atoms with van der Waals surface area (Å²) in [4.78, 5) is 0. The van der Waals surface area contributed by atoms with Crippen molar-refractivity contribution in [2.24, 2.45) is 5.73 Å². The molecule has 0 saturated heterocycles. The molecule has 0 unspecified atom stereocenters. The molecule has 0 bridgehead atoms. The minimum Gasteiger partial charge on any atom is -0.491 e. The number of hydrogen-bond acceptors (Lipinski definition) is 3. The summed E-state index contributed by atoms with van der Waals surface area (Å²) >= 11 is 0. The van der Waals surface area contributed by atoms with Gasteiger partial charge < -0.3 is 10.5 Å². The Morgan fingerprint density at radius 3 is 3.08 bits per heavy atom. The van der Waals surface area contributed by atoms with Crippen molar-refractivity contribution in [1.82, 2.24) is 0 Å². The summed E-state index contributed by atoms with van der Waals surface area (Å²) in [5.74, 6) is 0.853. The van der Waals surface area contributed by atoms with Crippen LogP contribution in [0.25, 0.3) is 0 Å². The minimum absolute atomic E-state index is 0.0815. The molecule has 1 aromatic rings. The van der Waals surface area contributed by atoms with Crippen molar-refractivity contribution >= 4 is 0 Å². The molecule has 1 aliphatic heterocycles. The third-order valence-corrected chi connectivity index (χ3v) is 2.24. The largest absolute Gasteiger partial charge is 0.491 e. The first-order valence-electron chi connectivity index (χ1n) is 4.15. The van der Waals surface area contributed by atoms with E-state index in [9.17, 15) is 0 Å². The average molecular weight is 174 g/mol. The molecule has 1 aromatic carbocycles. The van der Waals surface area contributed by atoms with Crippen LogP contribution in [-0.2, 0) is 0 Å². The van der Waals surface area contributed by atoms with Gasteiger partial charge in [0.15, 0.2) is 0 Å². The molecule has 3 heteroatoms. The normalized spacial score (nSPS) is 19.0. The lowest BCUT2D eigenvalue weighted by atomic mass is 10.0. The average Bonchev–Trinajstić information content (AvgIpc) is 2.48. The summed E-state index contributed by atoms with van der Waals surface area (Å²) < 4.78 is 5.41. The summed E-state index contributed by atoms with van der Waals surface area (Å²) in [6.45, 7) is 2.45. The molecule has 0 spiro atoms. The molecular formula is C10H10N2O. The van der Waals surface area contributed by atoms with Gasteiger partial charge in [-0.25, -0.2) is 0 Å². The van der Waals surface area contributed by atoms with Crippen LogP contribution < -0.4 is 10.5 Å². The molecule has 2 rings (SSSR count). The molecular weight excluding hydrogens is 164 g/mol. The van der Waals surface area contributed by atoms with Crippen LogP contribution in [0.3, 0.4) is 0 Å². The van der Waals surface area contributed by atoms with Crippen molar-refractivity contribution in [3.63, 3.8) is 0 Å². The van der Waals surface area contributed by atoms with E-state index >= 15 is 0 Å². The number of fused-ring (bicyclic) bond motifs is 1. The van der Waals surface area contributed by atoms with Gasteiger partial charge in [-0.1, -0.05) is 0 Å². The van der Waals surface area contributed by atoms with Crippen molar-refractivity contribution in [3.05, 3.63) is 28.8 Å². The lowest BCUT2D eigenvalue weighted by molar-refractivity contribution is 0.331. The third-order valence-electron chi connectivity index (χ3n) is 2.24. The van der Waals surface area contributed by atoms with Gasteiger partial charge in [0.2, 0.25) is 0 Å². The van der Waals surface area contributed by atoms with Gasteiger partial charge in [-0.2, -0.15) is 5.26 Å². The molecule has 66 valence electrons. The van der Waals surface area contributed by atoms with Gasteiger partial charge in [0.25, 0.3) is 0 Å². The van der Waals surface area contributed by atoms with E-state index in [4.69, 9.17) is 15.7 Å². The summed E-state index contributed by atoms with van der Waals surface area (Å²) in [5, 5.41) is 8.75. The molecule has 0 aromatic heterocycles. The molecule has 3 nitrogen and oxygen atoms in total. The van der Waals surface area contributed by atoms with Gasteiger partial charge in [-0.15, -0.1) is 0 Å². The maximum atomic E-state index is 8.75. The van der Waals surface area contributed by atoms with E-state index in [0.717, 1.165) is 16.9 Å². The molecule has 0 aliphatic carbocycles. The van der Waals surface area contributed by atoms with Crippen LogP contribution in [0.4, 0.5) is 0 Å². The first-order valence-corrected chi connectivity index (χ1v) is 4.15. The second kappa shape index (κ2) is 2.75. The number of hydrogen-bond donors (Lipinski definition) is 1. The molecule has 1 aliphatic rings. The number of ether oxygens (including phenoxy) is 1. The molecule has 2 N–H and O–H groups in total. The Labute approximate surface area is 76.7 Å². The number of nitriles is 1. The van der Waals surface area contributed by atoms with E-state index in [0.29, 0.717) is 12.2 Å². The standard InChI is InChI=1S/C10H10N2O/c1-6-2-7(4-11)3-8-9(12)5-13-10(6)8/h2-3,9H,5,12H2,1H3/t9-/m0/s1. The molecule has 13 heavy (non-hydrogen) atoms. The van der Waals surface area contributed by atoms with Gasteiger partial charge in [0.05, 0.1) is 17.7 Å². The van der Waals surface area contributed by atoms with Gasteiger partial charge >= 0.3 is 0 Å². The van der Waals surface area contributed by atoms with Crippen LogP contribution >= 0.6 is 0 Å².